The molecule has 0 fully saturated rings. The first kappa shape index (κ1) is 32.3. The van der Waals surface area contributed by atoms with Crippen LogP contribution in [-0.2, 0) is 21.1 Å². The number of carbonyl (C=O) groups excluding carboxylic acids is 2. The van der Waals surface area contributed by atoms with E-state index in [-0.39, 0.29) is 24.0 Å². The predicted molar refractivity (Wildman–Crippen MR) is 183 cm³/mol. The van der Waals surface area contributed by atoms with Gasteiger partial charge in [0.05, 0.1) is 22.6 Å². The number of fused-ring (bicyclic) bond motifs is 2. The summed E-state index contributed by atoms with van der Waals surface area (Å²) in [5.74, 6) is -0.273. The van der Waals surface area contributed by atoms with E-state index in [1.54, 1.807) is 41.0 Å². The molecule has 0 saturated heterocycles. The van der Waals surface area contributed by atoms with Crippen LogP contribution in [0.15, 0.2) is 83.8 Å². The van der Waals surface area contributed by atoms with Crippen LogP contribution >= 0.6 is 11.6 Å². The number of benzene rings is 4. The lowest BCUT2D eigenvalue weighted by Gasteiger charge is -2.17. The molecule has 0 spiro atoms. The van der Waals surface area contributed by atoms with Crippen LogP contribution in [0, 0.1) is 13.8 Å². The summed E-state index contributed by atoms with van der Waals surface area (Å²) in [4.78, 5) is 28.9. The summed E-state index contributed by atoms with van der Waals surface area (Å²) in [7, 11) is 0.415. The number of aromatic nitrogens is 1. The molecule has 0 aliphatic carbocycles. The predicted octanol–water partition coefficient (Wildman–Crippen LogP) is 7.12. The first-order chi connectivity index (χ1) is 21.5. The van der Waals surface area contributed by atoms with Crippen LogP contribution in [0.4, 0.5) is 5.69 Å². The number of hydrogen-bond donors (Lipinski definition) is 1. The number of amides is 1. The molecule has 234 valence electrons. The van der Waals surface area contributed by atoms with Crippen molar-refractivity contribution in [1.82, 2.24) is 9.88 Å². The van der Waals surface area contributed by atoms with Crippen LogP contribution in [0.1, 0.15) is 46.4 Å². The SMILES string of the molecule is Cc1ccc2c(c1)c(CC(=O)NCCCCCS(=O)(=O)c1cccc3c(N(C)C)cccc13)c(C)n2C(=O)c1ccc(Cl)cc1. The minimum absolute atomic E-state index is 0.0476. The number of unbranched alkanes of at least 4 members (excludes halogenated alkanes) is 2. The fourth-order valence-corrected chi connectivity index (χ4v) is 7.61. The summed E-state index contributed by atoms with van der Waals surface area (Å²) in [6.45, 7) is 4.29. The number of halogens is 1. The zero-order chi connectivity index (χ0) is 32.3. The third-order valence-electron chi connectivity index (χ3n) is 8.21. The van der Waals surface area contributed by atoms with Gasteiger partial charge in [0, 0.05) is 58.8 Å². The van der Waals surface area contributed by atoms with Crippen molar-refractivity contribution in [2.75, 3.05) is 31.3 Å². The molecule has 0 bridgehead atoms. The number of rotatable bonds is 11. The van der Waals surface area contributed by atoms with Crippen LogP contribution in [0.2, 0.25) is 5.02 Å². The van der Waals surface area contributed by atoms with E-state index in [1.165, 1.54) is 0 Å². The average Bonchev–Trinajstić information content (AvgIpc) is 3.27. The van der Waals surface area contributed by atoms with Gasteiger partial charge >= 0.3 is 0 Å². The number of nitrogens with zero attached hydrogens (tertiary/aromatic N) is 2. The Morgan fingerprint density at radius 2 is 1.56 bits per heavy atom. The molecule has 0 saturated carbocycles. The molecule has 1 amide bonds. The van der Waals surface area contributed by atoms with Crippen LogP contribution in [0.3, 0.4) is 0 Å². The van der Waals surface area contributed by atoms with E-state index in [9.17, 15) is 18.0 Å². The van der Waals surface area contributed by atoms with Gasteiger partial charge in [-0.25, -0.2) is 8.42 Å². The van der Waals surface area contributed by atoms with Crippen LogP contribution < -0.4 is 10.2 Å². The Balaban J connectivity index is 1.19. The van der Waals surface area contributed by atoms with Crippen molar-refractivity contribution < 1.29 is 18.0 Å². The number of hydrogen-bond acceptors (Lipinski definition) is 5. The van der Waals surface area contributed by atoms with Gasteiger partial charge in [-0.05, 0) is 80.8 Å². The molecule has 4 aromatic carbocycles. The molecule has 9 heteroatoms. The minimum Gasteiger partial charge on any atom is -0.377 e. The summed E-state index contributed by atoms with van der Waals surface area (Å²) < 4.78 is 28.2. The zero-order valence-corrected chi connectivity index (χ0v) is 27.6. The maximum absolute atomic E-state index is 13.5. The first-order valence-electron chi connectivity index (χ1n) is 15.1. The lowest BCUT2D eigenvalue weighted by molar-refractivity contribution is -0.120. The second-order valence-corrected chi connectivity index (χ2v) is 14.2. The molecule has 0 aliphatic rings. The fraction of sp³-hybridized carbons (Fsp3) is 0.278. The van der Waals surface area contributed by atoms with Crippen molar-refractivity contribution >= 4 is 60.6 Å². The topological polar surface area (TPSA) is 88.5 Å². The maximum Gasteiger partial charge on any atom is 0.262 e. The Morgan fingerprint density at radius 1 is 0.844 bits per heavy atom. The normalized spacial score (nSPS) is 11.7. The van der Waals surface area contributed by atoms with Gasteiger partial charge in [-0.15, -0.1) is 0 Å². The Morgan fingerprint density at radius 3 is 2.29 bits per heavy atom. The number of sulfone groups is 1. The smallest absolute Gasteiger partial charge is 0.262 e. The summed E-state index contributed by atoms with van der Waals surface area (Å²) in [5.41, 5.74) is 4.82. The summed E-state index contributed by atoms with van der Waals surface area (Å²) in [6.07, 6.45) is 1.97. The van der Waals surface area contributed by atoms with Gasteiger partial charge in [-0.1, -0.05) is 53.9 Å². The summed E-state index contributed by atoms with van der Waals surface area (Å²) >= 11 is 6.02. The van der Waals surface area contributed by atoms with Gasteiger partial charge in [0.2, 0.25) is 5.91 Å². The third-order valence-corrected chi connectivity index (χ3v) is 10.3. The van der Waals surface area contributed by atoms with Crippen molar-refractivity contribution in [3.8, 4) is 0 Å². The second-order valence-electron chi connectivity index (χ2n) is 11.7. The number of aryl methyl sites for hydroxylation is 1. The highest BCUT2D eigenvalue weighted by Crippen LogP contribution is 2.31. The average molecular weight is 644 g/mol. The Bertz CT molecular complexity index is 2000. The lowest BCUT2D eigenvalue weighted by atomic mass is 10.1. The van der Waals surface area contributed by atoms with Crippen molar-refractivity contribution in [2.45, 2.75) is 44.4 Å². The van der Waals surface area contributed by atoms with Gasteiger partial charge in [0.1, 0.15) is 0 Å². The van der Waals surface area contributed by atoms with Crippen LogP contribution in [-0.4, -0.2) is 51.2 Å². The highest BCUT2D eigenvalue weighted by Gasteiger charge is 2.22. The molecule has 5 aromatic rings. The molecule has 45 heavy (non-hydrogen) atoms. The third kappa shape index (κ3) is 6.92. The van der Waals surface area contributed by atoms with Gasteiger partial charge in [0.25, 0.3) is 5.91 Å². The van der Waals surface area contributed by atoms with Gasteiger partial charge < -0.3 is 10.2 Å². The van der Waals surface area contributed by atoms with E-state index in [0.29, 0.717) is 41.3 Å². The van der Waals surface area contributed by atoms with Gasteiger partial charge in [-0.3, -0.25) is 14.2 Å². The largest absolute Gasteiger partial charge is 0.377 e. The van der Waals surface area contributed by atoms with Crippen molar-refractivity contribution in [1.29, 1.82) is 0 Å². The molecular formula is C36H38ClN3O4S. The molecular weight excluding hydrogens is 606 g/mol. The molecule has 7 nitrogen and oxygen atoms in total. The highest BCUT2D eigenvalue weighted by atomic mass is 35.5. The second kappa shape index (κ2) is 13.5. The monoisotopic (exact) mass is 643 g/mol. The van der Waals surface area contributed by atoms with Gasteiger partial charge in [-0.2, -0.15) is 0 Å². The van der Waals surface area contributed by atoms with Crippen LogP contribution in [0.5, 0.6) is 0 Å². The molecule has 0 radical (unpaired) electrons. The Kier molecular flexibility index (Phi) is 9.65. The number of carbonyl (C=O) groups is 2. The van der Waals surface area contributed by atoms with E-state index in [2.05, 4.69) is 5.32 Å². The quantitative estimate of drug-likeness (QED) is 0.155. The van der Waals surface area contributed by atoms with E-state index in [0.717, 1.165) is 44.2 Å². The standard InChI is InChI=1S/C36H38ClN3O4S/c1-24-14-19-33-31(22-24)30(25(2)40(33)36(42)26-15-17-27(37)18-16-26)23-35(41)38-20-6-5-7-21-45(43,44)34-13-9-10-28-29(34)11-8-12-32(28)39(3)4/h8-19,22H,5-7,20-21,23H2,1-4H3,(H,38,41). The van der Waals surface area contributed by atoms with Crippen LogP contribution in [0.25, 0.3) is 21.7 Å². The number of nitrogens with one attached hydrogen (secondary N) is 1. The van der Waals surface area contributed by atoms with Crippen molar-refractivity contribution in [3.63, 3.8) is 0 Å². The zero-order valence-electron chi connectivity index (χ0n) is 26.1. The molecule has 0 unspecified atom stereocenters. The van der Waals surface area contributed by atoms with Crippen molar-refractivity contribution in [3.05, 3.63) is 106 Å². The number of anilines is 1. The maximum atomic E-state index is 13.5. The van der Waals surface area contributed by atoms with E-state index in [4.69, 9.17) is 11.6 Å². The Hall–Kier alpha value is -4.14. The molecule has 1 N–H and O–H groups in total. The van der Waals surface area contributed by atoms with E-state index < -0.39 is 9.84 Å². The van der Waals surface area contributed by atoms with E-state index in [1.807, 2.05) is 75.3 Å². The summed E-state index contributed by atoms with van der Waals surface area (Å²) in [5, 5.41) is 6.06. The van der Waals surface area contributed by atoms with E-state index >= 15 is 0 Å². The fourth-order valence-electron chi connectivity index (χ4n) is 5.88. The first-order valence-corrected chi connectivity index (χ1v) is 17.1. The van der Waals surface area contributed by atoms with Gasteiger partial charge in [0.15, 0.2) is 9.84 Å². The highest BCUT2D eigenvalue weighted by molar-refractivity contribution is 7.91. The molecule has 5 rings (SSSR count). The Labute approximate surface area is 269 Å². The molecule has 0 aliphatic heterocycles. The summed E-state index contributed by atoms with van der Waals surface area (Å²) in [6, 6.07) is 23.8. The molecule has 0 atom stereocenters. The lowest BCUT2D eigenvalue weighted by Crippen LogP contribution is -2.26. The molecule has 1 aromatic heterocycles. The minimum atomic E-state index is -3.47. The van der Waals surface area contributed by atoms with Crippen molar-refractivity contribution in [2.24, 2.45) is 0 Å². The molecule has 1 heterocycles.